The number of hydrogen-bond donors (Lipinski definition) is 1. The molecule has 0 unspecified atom stereocenters. The topological polar surface area (TPSA) is 20.2 Å². The van der Waals surface area contributed by atoms with Crippen LogP contribution in [0.3, 0.4) is 0 Å². The first-order valence-electron chi connectivity index (χ1n) is 16.7. The molecule has 1 N–H and O–H groups in total. The highest BCUT2D eigenvalue weighted by Crippen LogP contribution is 2.58. The largest absolute Gasteiger partial charge is 0.424 e. The van der Waals surface area contributed by atoms with Gasteiger partial charge in [-0.2, -0.15) is 0 Å². The van der Waals surface area contributed by atoms with Crippen molar-refractivity contribution in [3.63, 3.8) is 0 Å². The molecule has 0 aliphatic carbocycles. The second-order valence-corrected chi connectivity index (χ2v) is 20.9. The highest BCUT2D eigenvalue weighted by atomic mass is 31.2. The molecule has 0 heterocycles. The van der Waals surface area contributed by atoms with E-state index in [2.05, 4.69) is 179 Å². The van der Waals surface area contributed by atoms with Gasteiger partial charge in [-0.3, -0.25) is 0 Å². The Morgan fingerprint density at radius 2 is 0.851 bits per heavy atom. The van der Waals surface area contributed by atoms with Gasteiger partial charge in [0.2, 0.25) is 0 Å². The molecule has 0 amide bonds. The molecule has 6 rings (SSSR count). The standard InChI is InChI=1S/C44H46OPSi/c1-35-33-38(34-46(39-20-10-5-11-21-39,40-22-12-6-13-23-40)41-24-14-7-15-25-41)36(2)32-37(35)30-31-44(3,4)47(45,42-26-16-8-17-27-42)43-28-18-9-19-29-43/h5-29,32-33,45H,30-31,34H2,1-4H3/q+1. The first kappa shape index (κ1) is 32.9. The minimum atomic E-state index is -3.06. The number of hydrogen-bond acceptors (Lipinski definition) is 1. The minimum absolute atomic E-state index is 0.288. The lowest BCUT2D eigenvalue weighted by Gasteiger charge is -2.41. The van der Waals surface area contributed by atoms with E-state index in [1.165, 1.54) is 38.2 Å². The van der Waals surface area contributed by atoms with E-state index >= 15 is 0 Å². The Morgan fingerprint density at radius 3 is 1.26 bits per heavy atom. The van der Waals surface area contributed by atoms with Gasteiger partial charge in [0.05, 0.1) is 6.16 Å². The van der Waals surface area contributed by atoms with Crippen LogP contribution in [0.2, 0.25) is 5.04 Å². The average molecular weight is 650 g/mol. The summed E-state index contributed by atoms with van der Waals surface area (Å²) in [6, 6.07) is 59.1. The molecule has 6 aromatic carbocycles. The second-order valence-electron chi connectivity index (χ2n) is 13.5. The summed E-state index contributed by atoms with van der Waals surface area (Å²) in [6.45, 7) is 9.11. The van der Waals surface area contributed by atoms with Gasteiger partial charge in [-0.25, -0.2) is 0 Å². The summed E-state index contributed by atoms with van der Waals surface area (Å²) in [5.41, 5.74) is 5.46. The van der Waals surface area contributed by atoms with Crippen molar-refractivity contribution in [1.82, 2.24) is 0 Å². The molecule has 0 radical (unpaired) electrons. The van der Waals surface area contributed by atoms with Crippen molar-refractivity contribution >= 4 is 41.9 Å². The molecule has 0 fully saturated rings. The van der Waals surface area contributed by atoms with Gasteiger partial charge in [-0.05, 0) is 101 Å². The van der Waals surface area contributed by atoms with Crippen molar-refractivity contribution in [2.45, 2.75) is 51.7 Å². The molecule has 6 aromatic rings. The SMILES string of the molecule is Cc1cc(C[P+](c2ccccc2)(c2ccccc2)c2ccccc2)c(C)cc1CCC(C)(C)[Si](O)(c1ccccc1)c1ccccc1. The highest BCUT2D eigenvalue weighted by molar-refractivity contribution is 7.95. The molecule has 0 aromatic heterocycles. The van der Waals surface area contributed by atoms with E-state index in [1.54, 1.807) is 0 Å². The van der Waals surface area contributed by atoms with Crippen LogP contribution in [0, 0.1) is 13.8 Å². The number of benzene rings is 6. The van der Waals surface area contributed by atoms with Crippen molar-refractivity contribution in [3.8, 4) is 0 Å². The van der Waals surface area contributed by atoms with Gasteiger partial charge in [0.1, 0.15) is 23.2 Å². The number of aryl methyl sites for hydroxylation is 3. The molecule has 0 spiro atoms. The fourth-order valence-corrected chi connectivity index (χ4v) is 15.4. The molecule has 236 valence electrons. The lowest BCUT2D eigenvalue weighted by Crippen LogP contribution is -2.65. The molecule has 1 nitrogen and oxygen atoms in total. The van der Waals surface area contributed by atoms with Crippen LogP contribution in [-0.2, 0) is 12.6 Å². The molecular weight excluding hydrogens is 604 g/mol. The van der Waals surface area contributed by atoms with Gasteiger partial charge in [0, 0.05) is 0 Å². The highest BCUT2D eigenvalue weighted by Gasteiger charge is 2.50. The third-order valence-electron chi connectivity index (χ3n) is 10.2. The van der Waals surface area contributed by atoms with E-state index < -0.39 is 15.6 Å². The lowest BCUT2D eigenvalue weighted by atomic mass is 9.94. The molecule has 3 heteroatoms. The zero-order chi connectivity index (χ0) is 32.9. The predicted molar refractivity (Wildman–Crippen MR) is 207 cm³/mol. The van der Waals surface area contributed by atoms with Gasteiger partial charge in [-0.15, -0.1) is 0 Å². The van der Waals surface area contributed by atoms with Crippen molar-refractivity contribution in [3.05, 3.63) is 186 Å². The van der Waals surface area contributed by atoms with Crippen molar-refractivity contribution in [2.75, 3.05) is 0 Å². The predicted octanol–water partition coefficient (Wildman–Crippen LogP) is 8.26. The van der Waals surface area contributed by atoms with Gasteiger partial charge in [0.15, 0.2) is 0 Å². The Hall–Kier alpha value is -4.07. The monoisotopic (exact) mass is 649 g/mol. The maximum Gasteiger partial charge on any atom is 0.258 e. The van der Waals surface area contributed by atoms with E-state index in [1.807, 2.05) is 12.1 Å². The van der Waals surface area contributed by atoms with E-state index in [9.17, 15) is 4.80 Å². The average Bonchev–Trinajstić information content (AvgIpc) is 3.12. The summed E-state index contributed by atoms with van der Waals surface area (Å²) in [5.74, 6) is 0. The molecule has 0 aliphatic rings. The van der Waals surface area contributed by atoms with Gasteiger partial charge >= 0.3 is 0 Å². The molecule has 0 saturated carbocycles. The van der Waals surface area contributed by atoms with Crippen LogP contribution in [0.15, 0.2) is 164 Å². The summed E-state index contributed by atoms with van der Waals surface area (Å²) in [5, 5.41) is 6.08. The maximum atomic E-state index is 12.7. The molecular formula is C44H46OPSi+. The molecule has 47 heavy (non-hydrogen) atoms. The van der Waals surface area contributed by atoms with Crippen LogP contribution in [0.5, 0.6) is 0 Å². The Morgan fingerprint density at radius 1 is 0.511 bits per heavy atom. The van der Waals surface area contributed by atoms with Gasteiger partial charge in [-0.1, -0.05) is 141 Å². The van der Waals surface area contributed by atoms with E-state index in [4.69, 9.17) is 0 Å². The Labute approximate surface area is 283 Å². The first-order chi connectivity index (χ1) is 22.8. The maximum absolute atomic E-state index is 12.7. The number of rotatable bonds is 11. The third kappa shape index (κ3) is 6.43. The quantitative estimate of drug-likeness (QED) is 0.111. The second kappa shape index (κ2) is 14.0. The van der Waals surface area contributed by atoms with Crippen molar-refractivity contribution < 1.29 is 4.80 Å². The molecule has 0 saturated heterocycles. The van der Waals surface area contributed by atoms with E-state index in [0.717, 1.165) is 29.4 Å². The third-order valence-corrected chi connectivity index (χ3v) is 19.1. The van der Waals surface area contributed by atoms with Crippen LogP contribution in [0.4, 0.5) is 0 Å². The Bertz CT molecular complexity index is 1750. The van der Waals surface area contributed by atoms with Crippen molar-refractivity contribution in [2.24, 2.45) is 0 Å². The first-order valence-corrected chi connectivity index (χ1v) is 20.7. The van der Waals surface area contributed by atoms with Crippen LogP contribution < -0.4 is 26.3 Å². The molecule has 0 aliphatic heterocycles. The minimum Gasteiger partial charge on any atom is -0.424 e. The summed E-state index contributed by atoms with van der Waals surface area (Å²) >= 11 is 0. The van der Waals surface area contributed by atoms with Crippen LogP contribution in [-0.4, -0.2) is 13.1 Å². The smallest absolute Gasteiger partial charge is 0.258 e. The molecule has 0 bridgehead atoms. The summed E-state index contributed by atoms with van der Waals surface area (Å²) in [7, 11) is -5.06. The van der Waals surface area contributed by atoms with Crippen LogP contribution in [0.25, 0.3) is 0 Å². The van der Waals surface area contributed by atoms with Crippen LogP contribution in [0.1, 0.15) is 42.5 Å². The fourth-order valence-electron chi connectivity index (χ4n) is 7.33. The zero-order valence-corrected chi connectivity index (χ0v) is 30.0. The molecule has 0 atom stereocenters. The Kier molecular flexibility index (Phi) is 9.76. The van der Waals surface area contributed by atoms with E-state index in [-0.39, 0.29) is 5.04 Å². The lowest BCUT2D eigenvalue weighted by molar-refractivity contribution is 0.466. The normalized spacial score (nSPS) is 12.2. The summed E-state index contributed by atoms with van der Waals surface area (Å²) in [6.07, 6.45) is 2.79. The summed E-state index contributed by atoms with van der Waals surface area (Å²) < 4.78 is 0. The summed E-state index contributed by atoms with van der Waals surface area (Å²) in [4.78, 5) is 12.7. The van der Waals surface area contributed by atoms with Crippen LogP contribution >= 0.6 is 7.26 Å². The van der Waals surface area contributed by atoms with Gasteiger partial charge < -0.3 is 4.80 Å². The van der Waals surface area contributed by atoms with E-state index in [0.29, 0.717) is 0 Å². The fraction of sp³-hybridized carbons (Fsp3) is 0.182. The Balaban J connectivity index is 1.37. The zero-order valence-electron chi connectivity index (χ0n) is 28.1. The van der Waals surface area contributed by atoms with Crippen molar-refractivity contribution in [1.29, 1.82) is 0 Å². The van der Waals surface area contributed by atoms with Gasteiger partial charge in [0.25, 0.3) is 8.32 Å².